The number of fused-ring (bicyclic) bond motifs is 1. The molecule has 0 aliphatic rings. The molecule has 2 heterocycles. The number of nitrogens with zero attached hydrogens (tertiary/aromatic N) is 2. The van der Waals surface area contributed by atoms with E-state index in [4.69, 9.17) is 0 Å². The zero-order valence-electron chi connectivity index (χ0n) is 17.2. The van der Waals surface area contributed by atoms with E-state index in [2.05, 4.69) is 0 Å². The lowest BCUT2D eigenvalue weighted by atomic mass is 10.00. The van der Waals surface area contributed by atoms with Crippen molar-refractivity contribution >= 4 is 27.5 Å². The van der Waals surface area contributed by atoms with Crippen LogP contribution in [0.1, 0.15) is 11.7 Å². The molecule has 6 heteroatoms. The van der Waals surface area contributed by atoms with Gasteiger partial charge in [0, 0.05) is 17.4 Å². The van der Waals surface area contributed by atoms with Crippen molar-refractivity contribution in [3.05, 3.63) is 112 Å². The molecule has 0 atom stereocenters. The summed E-state index contributed by atoms with van der Waals surface area (Å²) >= 11 is 1.29. The van der Waals surface area contributed by atoms with Crippen molar-refractivity contribution < 1.29 is 4.79 Å². The van der Waals surface area contributed by atoms with Gasteiger partial charge in [0.1, 0.15) is 4.83 Å². The van der Waals surface area contributed by atoms with Gasteiger partial charge < -0.3 is 0 Å². The van der Waals surface area contributed by atoms with Gasteiger partial charge in [-0.15, -0.1) is 11.3 Å². The monoisotopic (exact) mass is 438 g/mol. The zero-order chi connectivity index (χ0) is 22.2. The topological polar surface area (TPSA) is 61.1 Å². The van der Waals surface area contributed by atoms with Crippen LogP contribution >= 0.6 is 11.3 Å². The number of thiophene rings is 1. The van der Waals surface area contributed by atoms with E-state index in [-0.39, 0.29) is 0 Å². The summed E-state index contributed by atoms with van der Waals surface area (Å²) in [7, 11) is 0. The first-order valence-electron chi connectivity index (χ1n) is 10.1. The van der Waals surface area contributed by atoms with E-state index in [9.17, 15) is 14.4 Å². The number of benzene rings is 3. The van der Waals surface area contributed by atoms with E-state index in [0.29, 0.717) is 15.9 Å². The lowest BCUT2D eigenvalue weighted by molar-refractivity contribution is 0.0936. The summed E-state index contributed by atoms with van der Waals surface area (Å²) in [5.41, 5.74) is 1.81. The fraction of sp³-hybridized carbons (Fsp3) is 0.0385. The number of para-hydroxylation sites is 1. The minimum atomic E-state index is -0.665. The molecule has 3 aromatic carbocycles. The molecule has 0 bridgehead atoms. The van der Waals surface area contributed by atoms with E-state index in [0.717, 1.165) is 30.7 Å². The van der Waals surface area contributed by atoms with Crippen LogP contribution in [0.15, 0.2) is 101 Å². The molecule has 0 fully saturated rings. The highest BCUT2D eigenvalue weighted by atomic mass is 32.1. The van der Waals surface area contributed by atoms with E-state index >= 15 is 0 Å². The third kappa shape index (κ3) is 3.13. The summed E-state index contributed by atoms with van der Waals surface area (Å²) in [4.78, 5) is 41.0. The van der Waals surface area contributed by atoms with Crippen LogP contribution in [0.5, 0.6) is 0 Å². The van der Waals surface area contributed by atoms with Crippen LogP contribution in [-0.4, -0.2) is 15.0 Å². The Morgan fingerprint density at radius 2 is 1.28 bits per heavy atom. The Balaban J connectivity index is 2.02. The average molecular weight is 439 g/mol. The fourth-order valence-corrected chi connectivity index (χ4v) is 5.27. The second-order valence-electron chi connectivity index (χ2n) is 7.33. The van der Waals surface area contributed by atoms with Gasteiger partial charge >= 0.3 is 5.69 Å². The third-order valence-corrected chi connectivity index (χ3v) is 6.54. The molecule has 0 saturated heterocycles. The predicted molar refractivity (Wildman–Crippen MR) is 129 cm³/mol. The maximum atomic E-state index is 13.8. The largest absolute Gasteiger partial charge is 0.343 e. The molecule has 32 heavy (non-hydrogen) atoms. The number of carbonyl (C=O) groups excluding carboxylic acids is 1. The smallest absolute Gasteiger partial charge is 0.274 e. The number of hydrogen-bond donors (Lipinski definition) is 0. The summed E-state index contributed by atoms with van der Waals surface area (Å²) in [5, 5.41) is 0.360. The first kappa shape index (κ1) is 19.9. The standard InChI is InChI=1S/C26H18N2O3S/c1-17(29)27-25-22(24(30)28(26(27)31)20-15-9-4-10-16-20)21(18-11-5-2-6-12-18)23(32-25)19-13-7-3-8-14-19/h2-16H,1H3. The maximum Gasteiger partial charge on any atom is 0.343 e. The quantitative estimate of drug-likeness (QED) is 0.389. The second kappa shape index (κ2) is 7.90. The van der Waals surface area contributed by atoms with Gasteiger partial charge in [0.2, 0.25) is 5.91 Å². The van der Waals surface area contributed by atoms with Crippen molar-refractivity contribution in [2.24, 2.45) is 0 Å². The van der Waals surface area contributed by atoms with Crippen LogP contribution in [0.3, 0.4) is 0 Å². The van der Waals surface area contributed by atoms with Crippen molar-refractivity contribution in [2.45, 2.75) is 6.92 Å². The second-order valence-corrected chi connectivity index (χ2v) is 8.33. The first-order valence-corrected chi connectivity index (χ1v) is 10.9. The molecule has 0 saturated carbocycles. The maximum absolute atomic E-state index is 13.8. The molecule has 5 nitrogen and oxygen atoms in total. The molecule has 0 spiro atoms. The summed E-state index contributed by atoms with van der Waals surface area (Å²) in [5.74, 6) is -0.440. The molecule has 0 unspecified atom stereocenters. The third-order valence-electron chi connectivity index (χ3n) is 5.32. The van der Waals surface area contributed by atoms with Gasteiger partial charge in [-0.1, -0.05) is 78.9 Å². The summed E-state index contributed by atoms with van der Waals surface area (Å²) in [6.45, 7) is 1.34. The molecule has 0 amide bonds. The summed E-state index contributed by atoms with van der Waals surface area (Å²) < 4.78 is 2.19. The van der Waals surface area contributed by atoms with Crippen LogP contribution in [0, 0.1) is 0 Å². The molecule has 5 rings (SSSR count). The fourth-order valence-electron chi connectivity index (χ4n) is 3.92. The Bertz CT molecular complexity index is 1560. The van der Waals surface area contributed by atoms with Gasteiger partial charge in [0.05, 0.1) is 11.1 Å². The van der Waals surface area contributed by atoms with Gasteiger partial charge in [0.25, 0.3) is 5.56 Å². The van der Waals surface area contributed by atoms with Crippen LogP contribution in [0.2, 0.25) is 0 Å². The van der Waals surface area contributed by atoms with E-state index in [1.807, 2.05) is 66.7 Å². The molecule has 0 aliphatic carbocycles. The molecule has 0 N–H and O–H groups in total. The SMILES string of the molecule is CC(=O)n1c(=O)n(-c2ccccc2)c(=O)c2c(-c3ccccc3)c(-c3ccccc3)sc21. The summed E-state index contributed by atoms with van der Waals surface area (Å²) in [6.07, 6.45) is 0. The Hall–Kier alpha value is -4.03. The van der Waals surface area contributed by atoms with Gasteiger partial charge in [-0.2, -0.15) is 0 Å². The molecule has 0 radical (unpaired) electrons. The minimum absolute atomic E-state index is 0.359. The van der Waals surface area contributed by atoms with E-state index in [1.54, 1.807) is 24.3 Å². The molecule has 0 aliphatic heterocycles. The number of aromatic nitrogens is 2. The normalized spacial score (nSPS) is 11.0. The van der Waals surface area contributed by atoms with Crippen LogP contribution in [-0.2, 0) is 0 Å². The Morgan fingerprint density at radius 3 is 1.84 bits per heavy atom. The van der Waals surface area contributed by atoms with Crippen LogP contribution in [0.4, 0.5) is 0 Å². The molecular formula is C26H18N2O3S. The van der Waals surface area contributed by atoms with Crippen molar-refractivity contribution in [2.75, 3.05) is 0 Å². The van der Waals surface area contributed by atoms with E-state index < -0.39 is 17.2 Å². The lowest BCUT2D eigenvalue weighted by Crippen LogP contribution is -2.40. The molecule has 5 aromatic rings. The van der Waals surface area contributed by atoms with Gasteiger partial charge in [0.15, 0.2) is 0 Å². The van der Waals surface area contributed by atoms with Gasteiger partial charge in [-0.05, 0) is 23.3 Å². The minimum Gasteiger partial charge on any atom is -0.274 e. The number of carbonyl (C=O) groups is 1. The number of hydrogen-bond acceptors (Lipinski definition) is 4. The van der Waals surface area contributed by atoms with Crippen molar-refractivity contribution in [3.8, 4) is 27.3 Å². The predicted octanol–water partition coefficient (Wildman–Crippen LogP) is 5.21. The van der Waals surface area contributed by atoms with Gasteiger partial charge in [-0.3, -0.25) is 9.59 Å². The summed E-state index contributed by atoms with van der Waals surface area (Å²) in [6, 6.07) is 28.0. The Kier molecular flexibility index (Phi) is 4.92. The lowest BCUT2D eigenvalue weighted by Gasteiger charge is -2.10. The first-order chi connectivity index (χ1) is 15.6. The highest BCUT2D eigenvalue weighted by molar-refractivity contribution is 7.22. The van der Waals surface area contributed by atoms with Crippen molar-refractivity contribution in [3.63, 3.8) is 0 Å². The van der Waals surface area contributed by atoms with E-state index in [1.165, 1.54) is 18.3 Å². The van der Waals surface area contributed by atoms with Crippen LogP contribution < -0.4 is 11.2 Å². The average Bonchev–Trinajstić information content (AvgIpc) is 3.21. The Labute approximate surface area is 187 Å². The molecule has 156 valence electrons. The van der Waals surface area contributed by atoms with Gasteiger partial charge in [-0.25, -0.2) is 13.9 Å². The number of rotatable bonds is 3. The van der Waals surface area contributed by atoms with Crippen LogP contribution in [0.25, 0.3) is 37.5 Å². The van der Waals surface area contributed by atoms with Crippen molar-refractivity contribution in [1.29, 1.82) is 0 Å². The molecule has 2 aromatic heterocycles. The Morgan fingerprint density at radius 1 is 0.750 bits per heavy atom. The highest BCUT2D eigenvalue weighted by Gasteiger charge is 2.25. The molecular weight excluding hydrogens is 420 g/mol. The zero-order valence-corrected chi connectivity index (χ0v) is 18.0. The van der Waals surface area contributed by atoms with Crippen molar-refractivity contribution in [1.82, 2.24) is 9.13 Å². The highest BCUT2D eigenvalue weighted by Crippen LogP contribution is 2.43.